The summed E-state index contributed by atoms with van der Waals surface area (Å²) in [5, 5.41) is 64.9. The van der Waals surface area contributed by atoms with Crippen LogP contribution in [0, 0.1) is 0 Å². The first-order chi connectivity index (χ1) is 67.9. The minimum absolute atomic E-state index is 0.00912. The summed E-state index contributed by atoms with van der Waals surface area (Å²) in [6, 6.07) is 66.0. The van der Waals surface area contributed by atoms with Crippen LogP contribution in [0.3, 0.4) is 0 Å². The number of benzene rings is 8. The van der Waals surface area contributed by atoms with Gasteiger partial charge >= 0.3 is 51.6 Å². The number of carbonyl (C=O) groups excluding carboxylic acids is 8. The van der Waals surface area contributed by atoms with E-state index in [4.69, 9.17) is 107 Å². The number of ether oxygens (including phenoxy) is 8. The number of hydrogen-bond acceptors (Lipinski definition) is 38. The van der Waals surface area contributed by atoms with Gasteiger partial charge < -0.3 is 86.4 Å². The van der Waals surface area contributed by atoms with Crippen LogP contribution in [0.4, 0.5) is 0 Å². The zero-order chi connectivity index (χ0) is 100. The number of aromatic nitrogens is 12. The van der Waals surface area contributed by atoms with Crippen molar-refractivity contribution >= 4 is 136 Å². The van der Waals surface area contributed by atoms with Gasteiger partial charge in [0.15, 0.2) is 49.3 Å². The number of fused-ring (bicyclic) bond motifs is 6. The zero-order valence-electron chi connectivity index (χ0n) is 73.0. The summed E-state index contributed by atoms with van der Waals surface area (Å²) in [5.41, 5.74) is 31.3. The first-order valence-electron chi connectivity index (χ1n) is 42.2. The monoisotopic (exact) mass is 2100 g/mol. The molecular formula is C88H86N16O28P4S5+4. The van der Waals surface area contributed by atoms with Gasteiger partial charge in [-0.2, -0.15) is 4.52 Å². The normalized spacial score (nSPS) is 22.6. The number of rotatable bonds is 32. The van der Waals surface area contributed by atoms with Crippen molar-refractivity contribution in [2.75, 3.05) is 39.6 Å². The van der Waals surface area contributed by atoms with Crippen LogP contribution in [0.15, 0.2) is 244 Å². The SMILES string of the molecule is NC(=O)c1ncn([C@@H]2O[C@H](CO)[C@@H](OC(=O)c3ccccc3)C2OC(=O)c2ccccc2)n1.NC(=O)c1ncn([C@@H]2O[C@H](CO[P+](=O)S)[C@H](O)C2O)n1.NC(=O)c1ncn([C@@H]2O[C@H](CO[P+](=S)OCC3c4ccccc4-c4ccccc43)[C@@H](OC(=O)c3ccccc3)C2OC(=O)c2ccccc2)n1.NC(=O)c1ncn([C@@H]2O[C@H](CO[P+](=S)S)[C@H](O)C2O)n1.O=[P+](S)OCC1c2ccccc2-c2ccccc21. The lowest BCUT2D eigenvalue weighted by Crippen LogP contribution is -2.41. The third kappa shape index (κ3) is 26.0. The van der Waals surface area contributed by atoms with E-state index in [0.717, 1.165) is 42.6 Å². The van der Waals surface area contributed by atoms with Crippen LogP contribution < -0.4 is 22.9 Å². The zero-order valence-corrected chi connectivity index (χ0v) is 80.9. The molecule has 141 heavy (non-hydrogen) atoms. The Morgan fingerprint density at radius 1 is 0.333 bits per heavy atom. The molecule has 4 fully saturated rings. The lowest BCUT2D eigenvalue weighted by molar-refractivity contribution is -0.0641. The molecule has 732 valence electrons. The van der Waals surface area contributed by atoms with Crippen molar-refractivity contribution in [3.8, 4) is 22.3 Å². The van der Waals surface area contributed by atoms with Crippen LogP contribution in [0.1, 0.15) is 143 Å². The van der Waals surface area contributed by atoms with Gasteiger partial charge in [0.1, 0.15) is 144 Å². The molecule has 20 atom stereocenters. The van der Waals surface area contributed by atoms with Gasteiger partial charge in [-0.3, -0.25) is 19.2 Å². The summed E-state index contributed by atoms with van der Waals surface area (Å²) in [6.45, 7) is -0.259. The summed E-state index contributed by atoms with van der Waals surface area (Å²) in [6.07, 6.45) is -14.6. The Bertz CT molecular complexity index is 6340. The summed E-state index contributed by atoms with van der Waals surface area (Å²) in [5.74, 6) is -7.03. The quantitative estimate of drug-likeness (QED) is 0.00828. The van der Waals surface area contributed by atoms with E-state index >= 15 is 0 Å². The number of hydrogen-bond donors (Lipinski definition) is 12. The number of nitrogens with two attached hydrogens (primary N) is 4. The van der Waals surface area contributed by atoms with Crippen LogP contribution in [-0.4, -0.2) is 245 Å². The number of thiol groups is 3. The number of aliphatic hydroxyl groups excluding tert-OH is 5. The molecule has 4 aromatic heterocycles. The standard InChI is InChI=1S/C36H29N4O8PS.C22H20N4O7.C14H11O2PS.C8H11N4O6PS.C8H11N4O5PS2/c37-32(41)33-38-21-40(39-33)34-31(48-36(43)23-13-5-2-6-14-23)30(47-35(42)22-11-3-1-4-12-22)29(46-34)20-45-49(50)44-19-28-26-17-9-7-15-24(26)25-16-8-10-18-27(25)28;23-18(28)19-24-12-26(25-19)20-17(33-22(30)14-9-5-2-6-10-14)16(15(11-27)31-20)32-21(29)13-7-3-1-4-8-13;15-17(18)16-9-14-12-7-3-1-5-10(12)11-6-2-4-8-13(11)14;9-6(15)7-10-2-12(11-7)8-5(14)4(13)3(18-8)1-17-19(16)20;9-6(15)7-10-2-12(11-7)8-5(14)4(13)3(17-8)1-16-18(19)20/h1-18,21,28-31,34H,19-20H2,(H-,37,41);1-10,12,15-17,20,27H,11H2,(H2,23,28);1-8,14H,9H2;2-5,8,13-14H,1H2,(H2-,9,15,16,20);2-5,8,13-14H,1H2,(H2-,9,15,19,20)/p+4/t29-,30-,31?,34-;15-,16-,17?,20-;;2*3-,4+,5?,8-/m11.11/s1. The fraction of sp³-hybridized carbons (Fsp3) is 0.273. The minimum Gasteiger partial charge on any atom is -0.452 e. The van der Waals surface area contributed by atoms with Crippen LogP contribution in [-0.2, 0) is 93.3 Å². The number of amides is 4. The van der Waals surface area contributed by atoms with E-state index in [0.29, 0.717) is 6.61 Å². The Morgan fingerprint density at radius 2 is 0.589 bits per heavy atom. The second kappa shape index (κ2) is 49.0. The largest absolute Gasteiger partial charge is 0.582 e. The van der Waals surface area contributed by atoms with E-state index < -0.39 is 180 Å². The van der Waals surface area contributed by atoms with Gasteiger partial charge in [-0.1, -0.05) is 170 Å². The van der Waals surface area contributed by atoms with Crippen molar-refractivity contribution in [3.05, 3.63) is 312 Å². The molecule has 0 bridgehead atoms. The summed E-state index contributed by atoms with van der Waals surface area (Å²) in [4.78, 5) is 112. The van der Waals surface area contributed by atoms with Crippen molar-refractivity contribution < 1.29 is 134 Å². The van der Waals surface area contributed by atoms with Gasteiger partial charge in [0.05, 0.1) is 28.9 Å². The predicted octanol–water partition coefficient (Wildman–Crippen LogP) is 7.78. The summed E-state index contributed by atoms with van der Waals surface area (Å²) in [7, 11) is -5.85. The van der Waals surface area contributed by atoms with Gasteiger partial charge in [0.25, 0.3) is 23.6 Å². The highest BCUT2D eigenvalue weighted by molar-refractivity contribution is 8.54. The van der Waals surface area contributed by atoms with Crippen molar-refractivity contribution in [1.82, 2.24) is 59.1 Å². The lowest BCUT2D eigenvalue weighted by atomic mass is 9.98. The number of carbonyl (C=O) groups is 8. The Hall–Kier alpha value is -12.2. The minimum atomic E-state index is -2.15. The average Bonchev–Trinajstić information content (AvgIpc) is 1.58. The third-order valence-electron chi connectivity index (χ3n) is 22.1. The summed E-state index contributed by atoms with van der Waals surface area (Å²) < 4.78 is 99.5. The van der Waals surface area contributed by atoms with E-state index in [-0.39, 0.29) is 83.8 Å². The molecule has 0 spiro atoms. The molecule has 13 N–H and O–H groups in total. The van der Waals surface area contributed by atoms with Crippen molar-refractivity contribution in [2.24, 2.45) is 22.9 Å². The molecule has 4 amide bonds. The summed E-state index contributed by atoms with van der Waals surface area (Å²) >= 11 is 21.7. The van der Waals surface area contributed by atoms with Crippen LogP contribution in [0.2, 0.25) is 0 Å². The van der Waals surface area contributed by atoms with Gasteiger partial charge in [0.2, 0.25) is 46.9 Å². The first kappa shape index (κ1) is 105. The Labute approximate surface area is 829 Å². The van der Waals surface area contributed by atoms with E-state index in [9.17, 15) is 73.0 Å². The molecule has 4 saturated heterocycles. The number of aliphatic hydroxyl groups is 5. The molecule has 0 radical (unpaired) electrons. The van der Waals surface area contributed by atoms with E-state index in [2.05, 4.69) is 126 Å². The number of nitrogens with zero attached hydrogens (tertiary/aromatic N) is 12. The van der Waals surface area contributed by atoms with Gasteiger partial charge in [-0.05, 0) is 102 Å². The van der Waals surface area contributed by atoms with Crippen LogP contribution >= 0.6 is 64.5 Å². The van der Waals surface area contributed by atoms with E-state index in [1.54, 1.807) is 121 Å². The van der Waals surface area contributed by atoms with Gasteiger partial charge in [-0.25, -0.2) is 57.8 Å². The highest BCUT2D eigenvalue weighted by atomic mass is 32.9. The first-order valence-corrected chi connectivity index (χ1v) is 52.5. The molecule has 2 aliphatic carbocycles. The molecule has 12 aromatic rings. The van der Waals surface area contributed by atoms with Crippen molar-refractivity contribution in [2.45, 2.75) is 110 Å². The van der Waals surface area contributed by atoms with E-state index in [1.807, 2.05) is 48.5 Å². The Morgan fingerprint density at radius 3 is 0.894 bits per heavy atom. The smallest absolute Gasteiger partial charge is 0.452 e. The van der Waals surface area contributed by atoms with Crippen molar-refractivity contribution in [1.29, 1.82) is 0 Å². The molecule has 8 unspecified atom stereocenters. The molecule has 6 aliphatic rings. The Balaban J connectivity index is 0.000000150. The molecule has 8 heterocycles. The van der Waals surface area contributed by atoms with E-state index in [1.165, 1.54) is 45.9 Å². The maximum absolute atomic E-state index is 13.4. The molecule has 18 rings (SSSR count). The fourth-order valence-electron chi connectivity index (χ4n) is 15.5. The molecule has 4 aliphatic heterocycles. The maximum Gasteiger partial charge on any atom is 0.582 e. The third-order valence-corrected chi connectivity index (χ3v) is 25.9. The van der Waals surface area contributed by atoms with Gasteiger partial charge in [0, 0.05) is 11.8 Å². The Kier molecular flexibility index (Phi) is 36.4. The van der Waals surface area contributed by atoms with Crippen molar-refractivity contribution in [3.63, 3.8) is 0 Å². The molecule has 53 heteroatoms. The molecule has 44 nitrogen and oxygen atoms in total. The number of esters is 4. The van der Waals surface area contributed by atoms with Crippen LogP contribution in [0.25, 0.3) is 22.3 Å². The highest BCUT2D eigenvalue weighted by Gasteiger charge is 2.55. The lowest BCUT2D eigenvalue weighted by Gasteiger charge is -2.24. The predicted molar refractivity (Wildman–Crippen MR) is 511 cm³/mol. The fourth-order valence-corrected chi connectivity index (χ4v) is 18.1. The average molecular weight is 2100 g/mol. The van der Waals surface area contributed by atoms with Gasteiger partial charge in [-0.15, -0.1) is 38.5 Å². The number of primary amides is 4. The molecule has 0 saturated carbocycles. The molecular weight excluding hydrogens is 2010 g/mol. The molecule has 8 aromatic carbocycles. The maximum atomic E-state index is 13.4. The highest BCUT2D eigenvalue weighted by Crippen LogP contribution is 2.49. The topological polar surface area (TPSA) is 619 Å². The second-order valence-corrected chi connectivity index (χ2v) is 39.8. The van der Waals surface area contributed by atoms with Crippen LogP contribution in [0.5, 0.6) is 0 Å². The second-order valence-electron chi connectivity index (χ2n) is 30.9.